The Hall–Kier alpha value is -5.37. The Morgan fingerprint density at radius 1 is 0.644 bits per heavy atom. The maximum atomic E-state index is 11.9. The molecule has 6 aromatic rings. The Morgan fingerprint density at radius 2 is 1.10 bits per heavy atom. The fourth-order valence-corrected chi connectivity index (χ4v) is 6.43. The lowest BCUT2D eigenvalue weighted by molar-refractivity contribution is -0.123. The highest BCUT2D eigenvalue weighted by molar-refractivity contribution is 6.32. The number of carbonyl (C=O) groups excluding carboxylic acids is 2. The monoisotopic (exact) mass is 863 g/mol. The van der Waals surface area contributed by atoms with Gasteiger partial charge in [0.1, 0.15) is 5.82 Å². The van der Waals surface area contributed by atoms with Gasteiger partial charge in [-0.1, -0.05) is 86.6 Å². The highest BCUT2D eigenvalue weighted by Gasteiger charge is 2.30. The largest absolute Gasteiger partial charge is 0.396 e. The third kappa shape index (κ3) is 13.9. The van der Waals surface area contributed by atoms with Crippen molar-refractivity contribution in [2.24, 2.45) is 25.6 Å². The van der Waals surface area contributed by atoms with Crippen LogP contribution in [-0.2, 0) is 66.6 Å². The third-order valence-corrected chi connectivity index (χ3v) is 10.2. The second-order valence-electron chi connectivity index (χ2n) is 14.5. The molecule has 0 fully saturated rings. The van der Waals surface area contributed by atoms with E-state index in [0.717, 1.165) is 33.5 Å². The van der Waals surface area contributed by atoms with Crippen molar-refractivity contribution in [3.8, 4) is 0 Å². The van der Waals surface area contributed by atoms with Gasteiger partial charge < -0.3 is 17.2 Å². The Labute approximate surface area is 362 Å². The summed E-state index contributed by atoms with van der Waals surface area (Å²) in [6, 6.07) is 15.6. The topological polar surface area (TPSA) is 199 Å². The Morgan fingerprint density at radius 3 is 1.53 bits per heavy atom. The summed E-state index contributed by atoms with van der Waals surface area (Å²) in [6.45, 7) is 7.33. The van der Waals surface area contributed by atoms with E-state index in [0.29, 0.717) is 59.4 Å². The molecule has 0 unspecified atom stereocenters. The minimum absolute atomic E-state index is 0. The first-order valence-corrected chi connectivity index (χ1v) is 19.2. The van der Waals surface area contributed by atoms with Gasteiger partial charge in [0, 0.05) is 39.1 Å². The molecular formula is C43H56Cl3N11O2. The maximum absolute atomic E-state index is 11.9. The molecule has 0 atom stereocenters. The van der Waals surface area contributed by atoms with Crippen LogP contribution < -0.4 is 17.2 Å². The van der Waals surface area contributed by atoms with E-state index >= 15 is 0 Å². The zero-order valence-electron chi connectivity index (χ0n) is 32.9. The third-order valence-electron chi connectivity index (χ3n) is 9.38. The molecule has 0 radical (unpaired) electrons. The molecule has 6 N–H and O–H groups in total. The highest BCUT2D eigenvalue weighted by Crippen LogP contribution is 2.29. The molecule has 59 heavy (non-hydrogen) atoms. The number of carbonyl (C=O) groups is 2. The molecule has 16 heteroatoms. The zero-order valence-corrected chi connectivity index (χ0v) is 35.1. The minimum atomic E-state index is -0.739. The van der Waals surface area contributed by atoms with Crippen molar-refractivity contribution in [2.45, 2.75) is 85.5 Å². The molecule has 2 amide bonds. The first-order valence-electron chi connectivity index (χ1n) is 18.0. The van der Waals surface area contributed by atoms with Crippen LogP contribution in [0.5, 0.6) is 0 Å². The maximum Gasteiger partial charge on any atom is 0.227 e. The Balaban J connectivity index is 0.000000345. The summed E-state index contributed by atoms with van der Waals surface area (Å²) in [4.78, 5) is 40.6. The molecule has 4 heterocycles. The molecule has 0 spiro atoms. The fraction of sp³-hybridized carbons (Fsp3) is 0.349. The lowest BCUT2D eigenvalue weighted by atomic mass is 9.80. The summed E-state index contributed by atoms with van der Waals surface area (Å²) in [5.74, 6) is -0.00000992. The summed E-state index contributed by atoms with van der Waals surface area (Å²) >= 11 is 18.2. The Kier molecular flexibility index (Phi) is 18.7. The van der Waals surface area contributed by atoms with Crippen LogP contribution in [0, 0.1) is 0 Å². The predicted molar refractivity (Wildman–Crippen MR) is 238 cm³/mol. The number of amides is 2. The summed E-state index contributed by atoms with van der Waals surface area (Å²) in [5, 5.41) is 9.18. The second-order valence-corrected chi connectivity index (χ2v) is 15.6. The molecule has 0 saturated carbocycles. The fourth-order valence-electron chi connectivity index (χ4n) is 5.91. The van der Waals surface area contributed by atoms with Crippen LogP contribution in [0.25, 0.3) is 0 Å². The van der Waals surface area contributed by atoms with Crippen LogP contribution in [0.3, 0.4) is 0 Å². The average Bonchev–Trinajstić information content (AvgIpc) is 3.77. The Bertz CT molecular complexity index is 2290. The summed E-state index contributed by atoms with van der Waals surface area (Å²) in [7, 11) is 3.71. The van der Waals surface area contributed by atoms with Crippen molar-refractivity contribution >= 4 is 52.3 Å². The molecule has 6 rings (SSSR count). The number of hydrogen-bond acceptors (Lipinski definition) is 9. The molecule has 2 aromatic carbocycles. The number of benzene rings is 2. The van der Waals surface area contributed by atoms with Gasteiger partial charge >= 0.3 is 0 Å². The van der Waals surface area contributed by atoms with E-state index in [1.54, 1.807) is 34.2 Å². The van der Waals surface area contributed by atoms with E-state index in [-0.39, 0.29) is 32.0 Å². The van der Waals surface area contributed by atoms with E-state index in [9.17, 15) is 9.59 Å². The van der Waals surface area contributed by atoms with Crippen LogP contribution in [0.15, 0.2) is 85.7 Å². The van der Waals surface area contributed by atoms with Gasteiger partial charge in [0.25, 0.3) is 0 Å². The number of nitrogen functional groups attached to an aromatic ring is 1. The normalized spacial score (nSPS) is 10.9. The van der Waals surface area contributed by atoms with Crippen LogP contribution in [0.1, 0.15) is 87.6 Å². The predicted octanol–water partition coefficient (Wildman–Crippen LogP) is 7.61. The number of hydrogen-bond donors (Lipinski definition) is 3. The first-order chi connectivity index (χ1) is 26.9. The molecule has 0 aliphatic carbocycles. The van der Waals surface area contributed by atoms with Crippen molar-refractivity contribution in [1.82, 2.24) is 39.5 Å². The number of aryl methyl sites for hydroxylation is 6. The van der Waals surface area contributed by atoms with E-state index in [4.69, 9.17) is 52.0 Å². The molecular weight excluding hydrogens is 809 g/mol. The lowest BCUT2D eigenvalue weighted by Gasteiger charge is -2.24. The van der Waals surface area contributed by atoms with Crippen molar-refractivity contribution < 1.29 is 9.59 Å². The number of primary amides is 2. The lowest BCUT2D eigenvalue weighted by Crippen LogP contribution is -2.36. The smallest absolute Gasteiger partial charge is 0.227 e. The van der Waals surface area contributed by atoms with E-state index in [1.807, 2.05) is 96.5 Å². The minimum Gasteiger partial charge on any atom is -0.396 e. The van der Waals surface area contributed by atoms with Gasteiger partial charge in [-0.3, -0.25) is 19.0 Å². The molecule has 4 aromatic heterocycles. The van der Waals surface area contributed by atoms with Crippen molar-refractivity contribution in [2.75, 3.05) is 5.73 Å². The van der Waals surface area contributed by atoms with Crippen molar-refractivity contribution in [3.63, 3.8) is 0 Å². The quantitative estimate of drug-likeness (QED) is 0.104. The van der Waals surface area contributed by atoms with Crippen molar-refractivity contribution in [3.05, 3.63) is 146 Å². The van der Waals surface area contributed by atoms with Crippen LogP contribution >= 0.6 is 34.8 Å². The summed E-state index contributed by atoms with van der Waals surface area (Å²) in [6.07, 6.45) is 13.5. The van der Waals surface area contributed by atoms with Gasteiger partial charge in [0.2, 0.25) is 17.1 Å². The van der Waals surface area contributed by atoms with E-state index in [2.05, 4.69) is 30.1 Å². The van der Waals surface area contributed by atoms with Crippen molar-refractivity contribution in [1.29, 1.82) is 0 Å². The molecule has 0 aliphatic rings. The molecule has 316 valence electrons. The summed E-state index contributed by atoms with van der Waals surface area (Å²) < 4.78 is 3.42. The molecule has 0 saturated heterocycles. The number of aromatic nitrogens is 8. The van der Waals surface area contributed by atoms with Gasteiger partial charge in [-0.15, -0.1) is 0 Å². The van der Waals surface area contributed by atoms with Crippen LogP contribution in [0.2, 0.25) is 15.3 Å². The van der Waals surface area contributed by atoms with Gasteiger partial charge in [-0.25, -0.2) is 19.9 Å². The van der Waals surface area contributed by atoms with Gasteiger partial charge in [-0.2, -0.15) is 10.2 Å². The second kappa shape index (κ2) is 22.1. The van der Waals surface area contributed by atoms with Gasteiger partial charge in [0.05, 0.1) is 56.5 Å². The number of anilines is 1. The standard InChI is InChI=1S/C21H24ClN5O.C16H17Cl2N3O.C4H7N3.2CH4/c1-21(2,20(23)28)16-7-5-4-6-15(16)8-9-18-17(22)12-24-19(26-18)10-14-11-25-27(3)13-14;1-16(2,14(19)22)11-6-4-3-5-10(11)7-8-13-12(17)9-20-15(18)21-13;1-7-3-4(5)2-6-7;;/h4-7,11-13H,8-10H2,1-3H3,(H2,23,28);3-6,9H,7-8H2,1-2H3,(H2,19,22);2-3H,5H2,1H3;2*1H4. The van der Waals surface area contributed by atoms with Crippen LogP contribution in [-0.4, -0.2) is 51.3 Å². The summed E-state index contributed by atoms with van der Waals surface area (Å²) in [5.41, 5.74) is 22.1. The first kappa shape index (κ1) is 49.8. The molecule has 13 nitrogen and oxygen atoms in total. The molecule has 0 bridgehead atoms. The van der Waals surface area contributed by atoms with Gasteiger partial charge in [0.15, 0.2) is 0 Å². The SMILES string of the molecule is C.C.CC(C)(C(N)=O)c1ccccc1CCc1nc(Cl)ncc1Cl.Cn1cc(Cc2ncc(Cl)c(CCc3ccccc3C(C)(C)C(N)=O)n2)cn1.Cn1cc(N)cn1. The number of nitrogens with two attached hydrogens (primary N) is 3. The average molecular weight is 865 g/mol. The molecule has 0 aliphatic heterocycles. The van der Waals surface area contributed by atoms with E-state index < -0.39 is 10.8 Å². The van der Waals surface area contributed by atoms with Gasteiger partial charge in [-0.05, 0) is 92.8 Å². The zero-order chi connectivity index (χ0) is 41.9. The number of rotatable bonds is 12. The van der Waals surface area contributed by atoms with E-state index in [1.165, 1.54) is 6.20 Å². The van der Waals surface area contributed by atoms with Crippen LogP contribution in [0.4, 0.5) is 5.69 Å². The number of nitrogens with zero attached hydrogens (tertiary/aromatic N) is 8. The highest BCUT2D eigenvalue weighted by atomic mass is 35.5. The number of halogens is 3.